The van der Waals surface area contributed by atoms with Crippen LogP contribution < -0.4 is 0 Å². The zero-order valence-electron chi connectivity index (χ0n) is 8.77. The van der Waals surface area contributed by atoms with Crippen LogP contribution >= 0.6 is 23.2 Å². The summed E-state index contributed by atoms with van der Waals surface area (Å²) in [5, 5.41) is 8.75. The summed E-state index contributed by atoms with van der Waals surface area (Å²) < 4.78 is 27.6. The van der Waals surface area contributed by atoms with Gasteiger partial charge in [0.1, 0.15) is 11.6 Å². The summed E-state index contributed by atoms with van der Waals surface area (Å²) in [6.45, 7) is 0. The lowest BCUT2D eigenvalue weighted by atomic mass is 10.0. The van der Waals surface area contributed by atoms with Gasteiger partial charge in [-0.05, 0) is 18.2 Å². The molecule has 0 saturated carbocycles. The first kappa shape index (κ1) is 12.8. The Morgan fingerprint density at radius 2 is 1.72 bits per heavy atom. The average Bonchev–Trinajstić information content (AvgIpc) is 2.31. The van der Waals surface area contributed by atoms with Gasteiger partial charge >= 0.3 is 0 Å². The Hall–Kier alpha value is -1.63. The maximum absolute atomic E-state index is 13.8. The van der Waals surface area contributed by atoms with Gasteiger partial charge < -0.3 is 0 Å². The van der Waals surface area contributed by atoms with Crippen molar-refractivity contribution in [3.63, 3.8) is 0 Å². The molecule has 0 aliphatic rings. The van der Waals surface area contributed by atoms with E-state index in [9.17, 15) is 8.78 Å². The minimum Gasteiger partial charge on any atom is -0.206 e. The summed E-state index contributed by atoms with van der Waals surface area (Å²) >= 11 is 11.7. The SMILES string of the molecule is N#Cc1cc(F)c(-c2c(Cl)[c]ccc2Cl)c(F)c1. The van der Waals surface area contributed by atoms with Crippen molar-refractivity contribution in [1.82, 2.24) is 0 Å². The molecule has 2 rings (SSSR count). The Kier molecular flexibility index (Phi) is 3.51. The van der Waals surface area contributed by atoms with E-state index >= 15 is 0 Å². The first-order valence-electron chi connectivity index (χ1n) is 4.79. The lowest BCUT2D eigenvalue weighted by Crippen LogP contribution is -1.94. The van der Waals surface area contributed by atoms with Gasteiger partial charge in [0.25, 0.3) is 0 Å². The van der Waals surface area contributed by atoms with Crippen LogP contribution in [0, 0.1) is 29.0 Å². The van der Waals surface area contributed by atoms with E-state index in [4.69, 9.17) is 28.5 Å². The minimum absolute atomic E-state index is 0.0185. The van der Waals surface area contributed by atoms with Crippen LogP contribution in [0.1, 0.15) is 5.56 Å². The van der Waals surface area contributed by atoms with Gasteiger partial charge in [-0.1, -0.05) is 29.3 Å². The van der Waals surface area contributed by atoms with E-state index in [-0.39, 0.29) is 26.7 Å². The summed E-state index contributed by atoms with van der Waals surface area (Å²) in [5.74, 6) is -1.79. The van der Waals surface area contributed by atoms with E-state index < -0.39 is 11.6 Å². The molecule has 89 valence electrons. The normalized spacial score (nSPS) is 10.2. The van der Waals surface area contributed by atoms with Gasteiger partial charge in [0.05, 0.1) is 27.2 Å². The molecule has 0 N–H and O–H groups in total. The van der Waals surface area contributed by atoms with Crippen molar-refractivity contribution >= 4 is 23.2 Å². The molecule has 0 heterocycles. The zero-order chi connectivity index (χ0) is 13.3. The molecule has 0 bridgehead atoms. The second-order valence-corrected chi connectivity index (χ2v) is 4.23. The fraction of sp³-hybridized carbons (Fsp3) is 0. The minimum atomic E-state index is -0.894. The van der Waals surface area contributed by atoms with Gasteiger partial charge in [0.15, 0.2) is 0 Å². The molecule has 0 aromatic heterocycles. The van der Waals surface area contributed by atoms with Crippen LogP contribution in [0.15, 0.2) is 24.3 Å². The van der Waals surface area contributed by atoms with Crippen LogP contribution in [0.2, 0.25) is 10.0 Å². The van der Waals surface area contributed by atoms with E-state index in [1.807, 2.05) is 0 Å². The molecule has 0 fully saturated rings. The molecular formula is C13H4Cl2F2N. The Balaban J connectivity index is 2.77. The third kappa shape index (κ3) is 2.17. The molecule has 5 heteroatoms. The highest BCUT2D eigenvalue weighted by Gasteiger charge is 2.18. The average molecular weight is 283 g/mol. The zero-order valence-corrected chi connectivity index (χ0v) is 10.3. The second-order valence-electron chi connectivity index (χ2n) is 3.44. The number of hydrogen-bond donors (Lipinski definition) is 0. The number of nitriles is 1. The number of halogens is 4. The van der Waals surface area contributed by atoms with E-state index in [2.05, 4.69) is 6.07 Å². The number of nitrogens with zero attached hydrogens (tertiary/aromatic N) is 1. The van der Waals surface area contributed by atoms with Crippen LogP contribution in [0.25, 0.3) is 11.1 Å². The predicted octanol–water partition coefficient (Wildman–Crippen LogP) is 4.61. The van der Waals surface area contributed by atoms with Gasteiger partial charge in [0, 0.05) is 11.6 Å². The number of benzene rings is 2. The third-order valence-corrected chi connectivity index (χ3v) is 2.93. The van der Waals surface area contributed by atoms with Gasteiger partial charge in [-0.2, -0.15) is 5.26 Å². The molecule has 0 spiro atoms. The molecule has 0 aliphatic heterocycles. The topological polar surface area (TPSA) is 23.8 Å². The van der Waals surface area contributed by atoms with Crippen molar-refractivity contribution in [2.45, 2.75) is 0 Å². The maximum Gasteiger partial charge on any atom is 0.135 e. The van der Waals surface area contributed by atoms with E-state index in [0.29, 0.717) is 0 Å². The molecule has 18 heavy (non-hydrogen) atoms. The standard InChI is InChI=1S/C13H4Cl2F2N/c14-8-2-1-3-9(15)12(8)13-10(16)4-7(6-18)5-11(13)17/h1-2,4-5H. The summed E-state index contributed by atoms with van der Waals surface area (Å²) in [4.78, 5) is 0. The summed E-state index contributed by atoms with van der Waals surface area (Å²) in [7, 11) is 0. The summed E-state index contributed by atoms with van der Waals surface area (Å²) in [6, 6.07) is 9.01. The molecule has 2 aromatic carbocycles. The summed E-state index contributed by atoms with van der Waals surface area (Å²) in [6.07, 6.45) is 0. The summed E-state index contributed by atoms with van der Waals surface area (Å²) in [5.41, 5.74) is -0.443. The van der Waals surface area contributed by atoms with Crippen molar-refractivity contribution < 1.29 is 8.78 Å². The number of rotatable bonds is 1. The molecule has 0 saturated heterocycles. The lowest BCUT2D eigenvalue weighted by Gasteiger charge is -2.09. The molecule has 0 unspecified atom stereocenters. The quantitative estimate of drug-likeness (QED) is 0.749. The largest absolute Gasteiger partial charge is 0.206 e. The van der Waals surface area contributed by atoms with E-state index in [1.165, 1.54) is 12.1 Å². The predicted molar refractivity (Wildman–Crippen MR) is 65.4 cm³/mol. The van der Waals surface area contributed by atoms with Crippen molar-refractivity contribution in [3.8, 4) is 17.2 Å². The Bertz CT molecular complexity index is 619. The lowest BCUT2D eigenvalue weighted by molar-refractivity contribution is 0.589. The second kappa shape index (κ2) is 4.93. The van der Waals surface area contributed by atoms with Gasteiger partial charge in [-0.15, -0.1) is 0 Å². The highest BCUT2D eigenvalue weighted by molar-refractivity contribution is 6.39. The molecular weight excluding hydrogens is 279 g/mol. The van der Waals surface area contributed by atoms with Crippen molar-refractivity contribution in [1.29, 1.82) is 5.26 Å². The molecule has 2 aromatic rings. The Morgan fingerprint density at radius 1 is 1.11 bits per heavy atom. The van der Waals surface area contributed by atoms with E-state index in [0.717, 1.165) is 12.1 Å². The fourth-order valence-electron chi connectivity index (χ4n) is 1.55. The van der Waals surface area contributed by atoms with E-state index in [1.54, 1.807) is 6.07 Å². The third-order valence-electron chi connectivity index (χ3n) is 2.32. The van der Waals surface area contributed by atoms with Crippen LogP contribution in [-0.2, 0) is 0 Å². The molecule has 0 aliphatic carbocycles. The molecule has 0 atom stereocenters. The van der Waals surface area contributed by atoms with Gasteiger partial charge in [-0.25, -0.2) is 8.78 Å². The highest BCUT2D eigenvalue weighted by atomic mass is 35.5. The van der Waals surface area contributed by atoms with Crippen LogP contribution in [0.5, 0.6) is 0 Å². The van der Waals surface area contributed by atoms with Crippen LogP contribution in [0.3, 0.4) is 0 Å². The van der Waals surface area contributed by atoms with Crippen molar-refractivity contribution in [2.75, 3.05) is 0 Å². The number of hydrogen-bond acceptors (Lipinski definition) is 1. The highest BCUT2D eigenvalue weighted by Crippen LogP contribution is 2.37. The fourth-order valence-corrected chi connectivity index (χ4v) is 2.11. The Morgan fingerprint density at radius 3 is 2.22 bits per heavy atom. The Labute approximate surface area is 112 Å². The monoisotopic (exact) mass is 282 g/mol. The van der Waals surface area contributed by atoms with Crippen LogP contribution in [-0.4, -0.2) is 0 Å². The first-order valence-corrected chi connectivity index (χ1v) is 5.55. The molecule has 1 nitrogen and oxygen atoms in total. The van der Waals surface area contributed by atoms with Gasteiger partial charge in [0.2, 0.25) is 0 Å². The smallest absolute Gasteiger partial charge is 0.135 e. The first-order chi connectivity index (χ1) is 8.54. The molecule has 0 amide bonds. The maximum atomic E-state index is 13.8. The van der Waals surface area contributed by atoms with Crippen LogP contribution in [0.4, 0.5) is 8.78 Å². The van der Waals surface area contributed by atoms with Crippen molar-refractivity contribution in [2.24, 2.45) is 0 Å². The van der Waals surface area contributed by atoms with Crippen molar-refractivity contribution in [3.05, 3.63) is 57.6 Å². The molecule has 1 radical (unpaired) electrons. The van der Waals surface area contributed by atoms with Gasteiger partial charge in [-0.3, -0.25) is 0 Å².